The highest BCUT2D eigenvalue weighted by Gasteiger charge is 2.29. The Balaban J connectivity index is 1.74. The van der Waals surface area contributed by atoms with Gasteiger partial charge in [0.15, 0.2) is 11.9 Å². The molecule has 3 aromatic carbocycles. The van der Waals surface area contributed by atoms with Gasteiger partial charge in [0.05, 0.1) is 7.11 Å². The van der Waals surface area contributed by atoms with Gasteiger partial charge in [0, 0.05) is 24.0 Å². The molecule has 0 fully saturated rings. The highest BCUT2D eigenvalue weighted by atomic mass is 16.5. The maximum atomic E-state index is 13.7. The number of alkyl carbamates (subject to hydrolysis) is 1. The van der Waals surface area contributed by atoms with E-state index in [9.17, 15) is 24.0 Å². The highest BCUT2D eigenvalue weighted by Crippen LogP contribution is 2.27. The number of guanidine groups is 2. The van der Waals surface area contributed by atoms with E-state index in [1.807, 2.05) is 18.2 Å². The lowest BCUT2D eigenvalue weighted by molar-refractivity contribution is -0.132. The molecule has 5 amide bonds. The number of nitrogens with one attached hydrogen (secondary N) is 4. The highest BCUT2D eigenvalue weighted by molar-refractivity contribution is 6.09. The number of carbonyl (C=O) groups excluding carboxylic acids is 5. The fraction of sp³-hybridized carbons (Fsp3) is 0.343. The minimum Gasteiger partial charge on any atom is -0.496 e. The van der Waals surface area contributed by atoms with E-state index in [4.69, 9.17) is 32.4 Å². The van der Waals surface area contributed by atoms with Crippen molar-refractivity contribution in [2.45, 2.75) is 57.3 Å². The number of methoxy groups -OCH3 is 1. The molecule has 12 N–H and O–H groups in total. The molecule has 0 heterocycles. The maximum Gasteiger partial charge on any atom is 0.408 e. The van der Waals surface area contributed by atoms with Gasteiger partial charge in [-0.1, -0.05) is 54.6 Å². The first-order chi connectivity index (χ1) is 24.9. The number of aliphatic imine (C=N–C) groups is 2. The summed E-state index contributed by atoms with van der Waals surface area (Å²) in [6.45, 7) is 1.69. The Bertz CT molecular complexity index is 1760. The zero-order chi connectivity index (χ0) is 38.0. The Morgan fingerprint density at radius 3 is 1.92 bits per heavy atom. The summed E-state index contributed by atoms with van der Waals surface area (Å²) >= 11 is 0. The van der Waals surface area contributed by atoms with Crippen molar-refractivity contribution in [1.82, 2.24) is 21.3 Å². The molecule has 0 bridgehead atoms. The first-order valence-electron chi connectivity index (χ1n) is 16.5. The molecule has 0 aromatic heterocycles. The molecule has 0 aliphatic rings. The lowest BCUT2D eigenvalue weighted by Gasteiger charge is -2.24. The van der Waals surface area contributed by atoms with Crippen LogP contribution in [-0.2, 0) is 25.7 Å². The first kappa shape index (κ1) is 40.0. The van der Waals surface area contributed by atoms with Crippen molar-refractivity contribution in [3.05, 3.63) is 77.9 Å². The normalized spacial score (nSPS) is 12.3. The maximum absolute atomic E-state index is 13.7. The quantitative estimate of drug-likeness (QED) is 0.0509. The number of fused-ring (bicyclic) bond motifs is 1. The van der Waals surface area contributed by atoms with Crippen LogP contribution in [0.1, 0.15) is 48.5 Å². The summed E-state index contributed by atoms with van der Waals surface area (Å²) in [4.78, 5) is 73.8. The van der Waals surface area contributed by atoms with Gasteiger partial charge in [-0.15, -0.1) is 0 Å². The van der Waals surface area contributed by atoms with Crippen molar-refractivity contribution in [3.63, 3.8) is 0 Å². The molecule has 17 heteroatoms. The zero-order valence-electron chi connectivity index (χ0n) is 29.1. The third kappa shape index (κ3) is 13.1. The second-order valence-electron chi connectivity index (χ2n) is 11.7. The zero-order valence-corrected chi connectivity index (χ0v) is 29.1. The van der Waals surface area contributed by atoms with Gasteiger partial charge in [0.1, 0.15) is 30.5 Å². The summed E-state index contributed by atoms with van der Waals surface area (Å²) in [5.74, 6) is -2.84. The number of hydrogen-bond acceptors (Lipinski definition) is 9. The second-order valence-corrected chi connectivity index (χ2v) is 11.7. The molecule has 3 rings (SSSR count). The average molecular weight is 719 g/mol. The van der Waals surface area contributed by atoms with Gasteiger partial charge >= 0.3 is 6.09 Å². The molecule has 0 aliphatic heterocycles. The monoisotopic (exact) mass is 718 g/mol. The van der Waals surface area contributed by atoms with E-state index in [-0.39, 0.29) is 62.9 Å². The molecule has 0 saturated carbocycles. The van der Waals surface area contributed by atoms with Crippen LogP contribution < -0.4 is 48.9 Å². The van der Waals surface area contributed by atoms with Crippen LogP contribution >= 0.6 is 0 Å². The van der Waals surface area contributed by atoms with E-state index in [0.29, 0.717) is 11.1 Å². The fourth-order valence-electron chi connectivity index (χ4n) is 4.97. The van der Waals surface area contributed by atoms with Gasteiger partial charge in [-0.3, -0.25) is 34.5 Å². The smallest absolute Gasteiger partial charge is 0.408 e. The number of carbonyl (C=O) groups is 5. The third-order valence-corrected chi connectivity index (χ3v) is 7.64. The molecule has 0 unspecified atom stereocenters. The predicted molar refractivity (Wildman–Crippen MR) is 196 cm³/mol. The Morgan fingerprint density at radius 2 is 1.31 bits per heavy atom. The van der Waals surface area contributed by atoms with E-state index in [2.05, 4.69) is 31.3 Å². The minimum atomic E-state index is -1.24. The Kier molecular flexibility index (Phi) is 15.7. The number of nitrogens with two attached hydrogens (primary N) is 4. The molecule has 0 aliphatic carbocycles. The summed E-state index contributed by atoms with van der Waals surface area (Å²) in [5.41, 5.74) is 22.6. The number of hydrogen-bond donors (Lipinski definition) is 8. The SMILES string of the molecule is COc1cc(C(=O)NC(=O)[C@@H](CCCN=C(N)N)NC(=O)[C@@H](CCCN=C(N)N)NC(=O)[C@@H](C)NC(=O)OCc2ccccc2)cc2ccccc12. The molecule has 0 radical (unpaired) electrons. The number of nitrogens with zero attached hydrogens (tertiary/aromatic N) is 2. The van der Waals surface area contributed by atoms with Crippen LogP contribution in [-0.4, -0.2) is 80.0 Å². The molecule has 0 saturated heterocycles. The van der Waals surface area contributed by atoms with Crippen molar-refractivity contribution >= 4 is 52.4 Å². The fourth-order valence-corrected chi connectivity index (χ4v) is 4.97. The van der Waals surface area contributed by atoms with E-state index in [0.717, 1.165) is 10.9 Å². The van der Waals surface area contributed by atoms with Gasteiger partial charge < -0.3 is 48.4 Å². The van der Waals surface area contributed by atoms with Gasteiger partial charge in [-0.05, 0) is 55.7 Å². The van der Waals surface area contributed by atoms with Crippen LogP contribution in [0.3, 0.4) is 0 Å². The lowest BCUT2D eigenvalue weighted by atomic mass is 10.0. The van der Waals surface area contributed by atoms with E-state index in [1.54, 1.807) is 42.5 Å². The molecular weight excluding hydrogens is 672 g/mol. The molecule has 3 atom stereocenters. The average Bonchev–Trinajstić information content (AvgIpc) is 3.12. The summed E-state index contributed by atoms with van der Waals surface area (Å²) in [6.07, 6.45) is -0.241. The standard InChI is InChI=1S/C35H46N10O7/c1-21(42-35(50)52-20-22-10-4-3-5-11-22)29(46)43-26(14-8-16-40-33(36)37)31(48)44-27(15-9-17-41-34(38)39)32(49)45-30(47)24-18-23-12-6-7-13-25(23)28(19-24)51-2/h3-7,10-13,18-19,21,26-27H,8-9,14-17,20H2,1-2H3,(H,42,50)(H,43,46)(H,44,48)(H4,36,37,40)(H4,38,39,41)(H,45,47,49)/t21-,26-,27-/m1/s1. The van der Waals surface area contributed by atoms with Gasteiger partial charge in [0.2, 0.25) is 17.7 Å². The van der Waals surface area contributed by atoms with E-state index in [1.165, 1.54) is 20.1 Å². The molecule has 0 spiro atoms. The summed E-state index contributed by atoms with van der Waals surface area (Å²) in [5, 5.41) is 11.5. The predicted octanol–water partition coefficient (Wildman–Crippen LogP) is 0.497. The number of ether oxygens (including phenoxy) is 2. The van der Waals surface area contributed by atoms with E-state index < -0.39 is 47.8 Å². The van der Waals surface area contributed by atoms with Crippen molar-refractivity contribution in [2.24, 2.45) is 32.9 Å². The van der Waals surface area contributed by atoms with Gasteiger partial charge in [-0.2, -0.15) is 0 Å². The Labute approximate surface area is 300 Å². The van der Waals surface area contributed by atoms with Crippen molar-refractivity contribution in [2.75, 3.05) is 20.2 Å². The summed E-state index contributed by atoms with van der Waals surface area (Å²) in [7, 11) is 1.47. The number of benzene rings is 3. The topological polar surface area (TPSA) is 281 Å². The first-order valence-corrected chi connectivity index (χ1v) is 16.5. The third-order valence-electron chi connectivity index (χ3n) is 7.64. The molecule has 3 aromatic rings. The minimum absolute atomic E-state index is 0.0135. The Morgan fingerprint density at radius 1 is 0.731 bits per heavy atom. The summed E-state index contributed by atoms with van der Waals surface area (Å²) in [6, 6.07) is 15.8. The van der Waals surface area contributed by atoms with Gasteiger partial charge in [-0.25, -0.2) is 4.79 Å². The van der Waals surface area contributed by atoms with Crippen molar-refractivity contribution in [1.29, 1.82) is 0 Å². The number of amides is 5. The van der Waals surface area contributed by atoms with Crippen LogP contribution in [0.4, 0.5) is 4.79 Å². The largest absolute Gasteiger partial charge is 0.496 e. The van der Waals surface area contributed by atoms with Crippen LogP contribution in [0.15, 0.2) is 76.7 Å². The van der Waals surface area contributed by atoms with Crippen LogP contribution in [0, 0.1) is 0 Å². The molecule has 278 valence electrons. The molecular formula is C35H46N10O7. The second kappa shape index (κ2) is 20.3. The van der Waals surface area contributed by atoms with Crippen LogP contribution in [0.2, 0.25) is 0 Å². The van der Waals surface area contributed by atoms with Crippen molar-refractivity contribution in [3.8, 4) is 5.75 Å². The van der Waals surface area contributed by atoms with Crippen LogP contribution in [0.5, 0.6) is 5.75 Å². The lowest BCUT2D eigenvalue weighted by Crippen LogP contribution is -2.56. The summed E-state index contributed by atoms with van der Waals surface area (Å²) < 4.78 is 10.6. The molecule has 17 nitrogen and oxygen atoms in total. The van der Waals surface area contributed by atoms with E-state index >= 15 is 0 Å². The molecule has 52 heavy (non-hydrogen) atoms. The Hall–Kier alpha value is -6.39. The van der Waals surface area contributed by atoms with Gasteiger partial charge in [0.25, 0.3) is 5.91 Å². The van der Waals surface area contributed by atoms with Crippen molar-refractivity contribution < 1.29 is 33.4 Å². The number of imide groups is 1. The van der Waals surface area contributed by atoms with Crippen LogP contribution in [0.25, 0.3) is 10.8 Å². The number of rotatable bonds is 18.